The molecule has 1 heterocycles. The topological polar surface area (TPSA) is 56.9 Å². The standard InChI is InChI=1S/C21H33N5S2/c1-25-12-14-26(15-13-25)19-10-8-18(9-11-19)23-21(27)24-20(22)28-16-17-6-4-2-3-5-7-17/h8-11,17H,2-7,12-16H2,1H3,(H3,22,23,24,27). The highest BCUT2D eigenvalue weighted by Crippen LogP contribution is 2.26. The number of nitrogens with two attached hydrogens (primary N) is 1. The maximum Gasteiger partial charge on any atom is 0.199 e. The minimum Gasteiger partial charge on any atom is -0.378 e. The molecule has 2 aliphatic rings. The lowest BCUT2D eigenvalue weighted by molar-refractivity contribution is 0.313. The average molecular weight is 420 g/mol. The molecule has 1 saturated heterocycles. The highest BCUT2D eigenvalue weighted by Gasteiger charge is 2.14. The highest BCUT2D eigenvalue weighted by molar-refractivity contribution is 8.13. The van der Waals surface area contributed by atoms with Crippen LogP contribution in [-0.4, -0.2) is 54.2 Å². The summed E-state index contributed by atoms with van der Waals surface area (Å²) in [4.78, 5) is 9.14. The number of amidine groups is 1. The molecule has 1 saturated carbocycles. The molecular formula is C21H33N5S2. The Labute approximate surface area is 179 Å². The van der Waals surface area contributed by atoms with Gasteiger partial charge in [0.05, 0.1) is 0 Å². The maximum atomic E-state index is 6.09. The fourth-order valence-corrected chi connectivity index (χ4v) is 5.01. The fourth-order valence-electron chi connectivity index (χ4n) is 3.84. The zero-order valence-corrected chi connectivity index (χ0v) is 18.5. The van der Waals surface area contributed by atoms with Crippen molar-refractivity contribution in [3.63, 3.8) is 0 Å². The van der Waals surface area contributed by atoms with Gasteiger partial charge in [0.2, 0.25) is 0 Å². The van der Waals surface area contributed by atoms with E-state index in [1.807, 2.05) is 0 Å². The van der Waals surface area contributed by atoms with Crippen molar-refractivity contribution in [2.75, 3.05) is 49.2 Å². The summed E-state index contributed by atoms with van der Waals surface area (Å²) >= 11 is 7.01. The molecule has 0 atom stereocenters. The summed E-state index contributed by atoms with van der Waals surface area (Å²) in [7, 11) is 2.17. The molecule has 0 radical (unpaired) electrons. The van der Waals surface area contributed by atoms with Gasteiger partial charge in [0.15, 0.2) is 10.3 Å². The molecule has 1 aromatic rings. The van der Waals surface area contributed by atoms with Gasteiger partial charge in [-0.25, -0.2) is 0 Å². The van der Waals surface area contributed by atoms with E-state index in [1.54, 1.807) is 11.8 Å². The van der Waals surface area contributed by atoms with Crippen molar-refractivity contribution in [2.45, 2.75) is 38.5 Å². The Balaban J connectivity index is 1.44. The number of nitrogens with one attached hydrogen (secondary N) is 1. The number of nitrogens with zero attached hydrogens (tertiary/aromatic N) is 3. The van der Waals surface area contributed by atoms with Gasteiger partial charge in [-0.15, -0.1) is 0 Å². The Hall–Kier alpha value is -1.31. The average Bonchev–Trinajstić information content (AvgIpc) is 2.96. The Kier molecular flexibility index (Phi) is 8.43. The minimum atomic E-state index is 0.429. The number of thiocarbonyl (C=S) groups is 1. The van der Waals surface area contributed by atoms with Crippen LogP contribution in [0.2, 0.25) is 0 Å². The quantitative estimate of drug-likeness (QED) is 0.331. The van der Waals surface area contributed by atoms with Crippen molar-refractivity contribution < 1.29 is 0 Å². The summed E-state index contributed by atoms with van der Waals surface area (Å²) in [6.45, 7) is 4.36. The lowest BCUT2D eigenvalue weighted by Gasteiger charge is -2.34. The minimum absolute atomic E-state index is 0.429. The SMILES string of the molecule is CN1CCN(c2ccc(NC(=S)N=C(N)SCC3CCCCCC3)cc2)CC1. The first-order valence-corrected chi connectivity index (χ1v) is 11.8. The van der Waals surface area contributed by atoms with E-state index >= 15 is 0 Å². The van der Waals surface area contributed by atoms with Gasteiger partial charge < -0.3 is 20.9 Å². The van der Waals surface area contributed by atoms with Crippen LogP contribution in [0.1, 0.15) is 38.5 Å². The Morgan fingerprint density at radius 1 is 1.11 bits per heavy atom. The van der Waals surface area contributed by atoms with Crippen LogP contribution in [0.4, 0.5) is 11.4 Å². The number of hydrogen-bond acceptors (Lipinski definition) is 4. The van der Waals surface area contributed by atoms with Crippen LogP contribution in [0.5, 0.6) is 0 Å². The summed E-state index contributed by atoms with van der Waals surface area (Å²) in [6, 6.07) is 8.41. The van der Waals surface area contributed by atoms with Crippen molar-refractivity contribution in [3.05, 3.63) is 24.3 Å². The highest BCUT2D eigenvalue weighted by atomic mass is 32.2. The molecule has 3 rings (SSSR count). The lowest BCUT2D eigenvalue weighted by Crippen LogP contribution is -2.44. The summed E-state index contributed by atoms with van der Waals surface area (Å²) < 4.78 is 0. The second kappa shape index (κ2) is 11.0. The number of aliphatic imine (C=N–C) groups is 1. The molecule has 2 fully saturated rings. The van der Waals surface area contributed by atoms with E-state index in [9.17, 15) is 0 Å². The Morgan fingerprint density at radius 3 is 2.39 bits per heavy atom. The number of likely N-dealkylation sites (N-methyl/N-ethyl adjacent to an activating group) is 1. The molecule has 154 valence electrons. The predicted octanol–water partition coefficient (Wildman–Crippen LogP) is 4.15. The summed E-state index contributed by atoms with van der Waals surface area (Å²) in [6.07, 6.45) is 8.11. The van der Waals surface area contributed by atoms with Crippen molar-refractivity contribution in [2.24, 2.45) is 16.6 Å². The predicted molar refractivity (Wildman–Crippen MR) is 128 cm³/mol. The van der Waals surface area contributed by atoms with Crippen molar-refractivity contribution >= 4 is 45.6 Å². The van der Waals surface area contributed by atoms with Crippen molar-refractivity contribution in [1.82, 2.24) is 4.90 Å². The van der Waals surface area contributed by atoms with Gasteiger partial charge in [0.25, 0.3) is 0 Å². The zero-order chi connectivity index (χ0) is 19.8. The number of piperazine rings is 1. The number of hydrogen-bond donors (Lipinski definition) is 2. The van der Waals surface area contributed by atoms with Crippen LogP contribution < -0.4 is 16.0 Å². The molecule has 28 heavy (non-hydrogen) atoms. The van der Waals surface area contributed by atoms with Gasteiger partial charge >= 0.3 is 0 Å². The van der Waals surface area contributed by atoms with Crippen molar-refractivity contribution in [3.8, 4) is 0 Å². The third-order valence-electron chi connectivity index (χ3n) is 5.64. The molecule has 7 heteroatoms. The molecule has 1 aromatic carbocycles. The largest absolute Gasteiger partial charge is 0.378 e. The molecular weight excluding hydrogens is 386 g/mol. The summed E-state index contributed by atoms with van der Waals surface area (Å²) in [5, 5.41) is 4.18. The summed E-state index contributed by atoms with van der Waals surface area (Å²) in [5.74, 6) is 1.82. The van der Waals surface area contributed by atoms with E-state index < -0.39 is 0 Å². The molecule has 0 unspecified atom stereocenters. The van der Waals surface area contributed by atoms with E-state index in [0.717, 1.165) is 43.5 Å². The van der Waals surface area contributed by atoms with Crippen LogP contribution >= 0.6 is 24.0 Å². The van der Waals surface area contributed by atoms with E-state index in [0.29, 0.717) is 10.3 Å². The molecule has 0 amide bonds. The smallest absolute Gasteiger partial charge is 0.199 e. The molecule has 5 nitrogen and oxygen atoms in total. The first-order chi connectivity index (χ1) is 13.6. The van der Waals surface area contributed by atoms with E-state index in [1.165, 1.54) is 44.2 Å². The first-order valence-electron chi connectivity index (χ1n) is 10.4. The zero-order valence-electron chi connectivity index (χ0n) is 16.9. The van der Waals surface area contributed by atoms with Gasteiger partial charge in [0, 0.05) is 43.3 Å². The van der Waals surface area contributed by atoms with E-state index in [-0.39, 0.29) is 0 Å². The van der Waals surface area contributed by atoms with Crippen LogP contribution in [0.15, 0.2) is 29.3 Å². The number of benzene rings is 1. The van der Waals surface area contributed by atoms with Gasteiger partial charge in [0.1, 0.15) is 0 Å². The molecule has 0 spiro atoms. The molecule has 0 aromatic heterocycles. The molecule has 1 aliphatic heterocycles. The third kappa shape index (κ3) is 6.94. The summed E-state index contributed by atoms with van der Waals surface area (Å²) in [5.41, 5.74) is 8.30. The maximum absolute atomic E-state index is 6.09. The van der Waals surface area contributed by atoms with Crippen LogP contribution in [0.25, 0.3) is 0 Å². The van der Waals surface area contributed by atoms with Crippen LogP contribution in [0, 0.1) is 5.92 Å². The number of anilines is 2. The van der Waals surface area contributed by atoms with Gasteiger partial charge in [-0.2, -0.15) is 4.99 Å². The second-order valence-electron chi connectivity index (χ2n) is 7.89. The number of rotatable bonds is 4. The fraction of sp³-hybridized carbons (Fsp3) is 0.619. The van der Waals surface area contributed by atoms with E-state index in [2.05, 4.69) is 51.4 Å². The van der Waals surface area contributed by atoms with Crippen LogP contribution in [-0.2, 0) is 0 Å². The lowest BCUT2D eigenvalue weighted by atomic mass is 10.0. The van der Waals surface area contributed by atoms with Gasteiger partial charge in [-0.1, -0.05) is 37.4 Å². The normalized spacial score (nSPS) is 20.0. The van der Waals surface area contributed by atoms with E-state index in [4.69, 9.17) is 18.0 Å². The second-order valence-corrected chi connectivity index (χ2v) is 9.31. The molecule has 1 aliphatic carbocycles. The van der Waals surface area contributed by atoms with Crippen molar-refractivity contribution in [1.29, 1.82) is 0 Å². The molecule has 0 bridgehead atoms. The first kappa shape index (κ1) is 21.4. The Morgan fingerprint density at radius 2 is 1.75 bits per heavy atom. The van der Waals surface area contributed by atoms with Gasteiger partial charge in [-0.05, 0) is 62.3 Å². The third-order valence-corrected chi connectivity index (χ3v) is 6.86. The van der Waals surface area contributed by atoms with Crippen LogP contribution in [0.3, 0.4) is 0 Å². The monoisotopic (exact) mass is 419 g/mol. The number of thioether (sulfide) groups is 1. The molecule has 3 N–H and O–H groups in total. The Bertz CT molecular complexity index is 645. The van der Waals surface area contributed by atoms with Gasteiger partial charge in [-0.3, -0.25) is 0 Å².